The second kappa shape index (κ2) is 11.7. The van der Waals surface area contributed by atoms with Gasteiger partial charge in [0.25, 0.3) is 0 Å². The molecule has 1 amide bonds. The molecule has 0 unspecified atom stereocenters. The number of rotatable bonds is 10. The second-order valence-electron chi connectivity index (χ2n) is 8.34. The lowest BCUT2D eigenvalue weighted by Crippen LogP contribution is -2.12. The summed E-state index contributed by atoms with van der Waals surface area (Å²) in [5.74, 6) is 0.167. The van der Waals surface area contributed by atoms with E-state index in [0.717, 1.165) is 33.5 Å². The van der Waals surface area contributed by atoms with Crippen molar-refractivity contribution in [1.29, 1.82) is 0 Å². The maximum Gasteiger partial charge on any atom is 0.224 e. The van der Waals surface area contributed by atoms with E-state index in [2.05, 4.69) is 34.6 Å². The van der Waals surface area contributed by atoms with Crippen LogP contribution in [0.4, 0.5) is 5.69 Å². The largest absolute Gasteiger partial charge is 0.326 e. The smallest absolute Gasteiger partial charge is 0.224 e. The molecule has 0 aliphatic heterocycles. The molecule has 4 aromatic rings. The van der Waals surface area contributed by atoms with Gasteiger partial charge in [0.2, 0.25) is 5.91 Å². The number of hydrogen-bond donors (Lipinski definition) is 1. The van der Waals surface area contributed by atoms with Gasteiger partial charge in [-0.05, 0) is 58.9 Å². The van der Waals surface area contributed by atoms with Crippen LogP contribution < -0.4 is 5.32 Å². The summed E-state index contributed by atoms with van der Waals surface area (Å²) in [6.07, 6.45) is 6.19. The Labute approximate surface area is 200 Å². The summed E-state index contributed by atoms with van der Waals surface area (Å²) in [6, 6.07) is 29.8. The second-order valence-corrected chi connectivity index (χ2v) is 8.34. The number of hydrogen-bond acceptors (Lipinski definition) is 3. The molecule has 0 saturated carbocycles. The van der Waals surface area contributed by atoms with Gasteiger partial charge in [-0.2, -0.15) is 0 Å². The molecule has 0 radical (unpaired) electrons. The zero-order valence-corrected chi connectivity index (χ0v) is 19.1. The van der Waals surface area contributed by atoms with E-state index in [0.29, 0.717) is 32.1 Å². The predicted octanol–water partition coefficient (Wildman–Crippen LogP) is 6.06. The molecule has 0 bridgehead atoms. The van der Waals surface area contributed by atoms with E-state index in [-0.39, 0.29) is 11.7 Å². The lowest BCUT2D eigenvalue weighted by Gasteiger charge is -2.10. The van der Waals surface area contributed by atoms with Crippen molar-refractivity contribution in [3.05, 3.63) is 120 Å². The number of pyridine rings is 1. The van der Waals surface area contributed by atoms with Crippen molar-refractivity contribution in [2.75, 3.05) is 5.32 Å². The van der Waals surface area contributed by atoms with Gasteiger partial charge < -0.3 is 5.32 Å². The van der Waals surface area contributed by atoms with Gasteiger partial charge in [0, 0.05) is 37.3 Å². The molecule has 1 heterocycles. The molecule has 0 aliphatic rings. The number of aromatic nitrogens is 1. The summed E-state index contributed by atoms with van der Waals surface area (Å²) in [7, 11) is 0. The van der Waals surface area contributed by atoms with Crippen LogP contribution in [0.1, 0.15) is 29.5 Å². The van der Waals surface area contributed by atoms with Gasteiger partial charge in [-0.3, -0.25) is 14.6 Å². The minimum absolute atomic E-state index is 0.0249. The molecule has 0 saturated heterocycles. The number of anilines is 1. The van der Waals surface area contributed by atoms with E-state index in [9.17, 15) is 9.59 Å². The first kappa shape index (κ1) is 23.1. The number of aryl methyl sites for hydroxylation is 2. The highest BCUT2D eigenvalue weighted by molar-refractivity contribution is 5.91. The average molecular weight is 449 g/mol. The number of nitrogens with zero attached hydrogens (tertiary/aromatic N) is 1. The molecular weight excluding hydrogens is 420 g/mol. The van der Waals surface area contributed by atoms with Crippen LogP contribution in [0.25, 0.3) is 11.1 Å². The van der Waals surface area contributed by atoms with E-state index in [1.54, 1.807) is 12.4 Å². The Morgan fingerprint density at radius 3 is 2.24 bits per heavy atom. The van der Waals surface area contributed by atoms with Crippen molar-refractivity contribution in [3.63, 3.8) is 0 Å². The Balaban J connectivity index is 1.26. The van der Waals surface area contributed by atoms with Crippen LogP contribution in [0.3, 0.4) is 0 Å². The van der Waals surface area contributed by atoms with Crippen molar-refractivity contribution >= 4 is 17.4 Å². The van der Waals surface area contributed by atoms with Gasteiger partial charge in [0.1, 0.15) is 5.78 Å². The van der Waals surface area contributed by atoms with Gasteiger partial charge in [-0.25, -0.2) is 0 Å². The molecule has 0 spiro atoms. The van der Waals surface area contributed by atoms with Crippen molar-refractivity contribution in [3.8, 4) is 11.1 Å². The number of carbonyl (C=O) groups excluding carboxylic acids is 2. The van der Waals surface area contributed by atoms with E-state index < -0.39 is 0 Å². The average Bonchev–Trinajstić information content (AvgIpc) is 2.89. The number of benzene rings is 3. The first-order valence-corrected chi connectivity index (χ1v) is 11.6. The highest BCUT2D eigenvalue weighted by Crippen LogP contribution is 2.24. The van der Waals surface area contributed by atoms with Gasteiger partial charge in [0.15, 0.2) is 0 Å². The Morgan fingerprint density at radius 1 is 0.706 bits per heavy atom. The zero-order chi connectivity index (χ0) is 23.6. The Hall–Kier alpha value is -4.05. The lowest BCUT2D eigenvalue weighted by molar-refractivity contribution is -0.118. The number of carbonyl (C=O) groups is 2. The van der Waals surface area contributed by atoms with E-state index in [4.69, 9.17) is 0 Å². The SMILES string of the molecule is O=C(CCc1cccnc1)Cc1ccc(NC(=O)CCc2ccccc2-c2ccccc2)cc1. The van der Waals surface area contributed by atoms with Crippen LogP contribution in [-0.4, -0.2) is 16.7 Å². The molecule has 170 valence electrons. The van der Waals surface area contributed by atoms with Crippen molar-refractivity contribution in [1.82, 2.24) is 4.98 Å². The Bertz CT molecular complexity index is 1220. The molecule has 4 nitrogen and oxygen atoms in total. The summed E-state index contributed by atoms with van der Waals surface area (Å²) < 4.78 is 0. The summed E-state index contributed by atoms with van der Waals surface area (Å²) >= 11 is 0. The van der Waals surface area contributed by atoms with E-state index in [1.807, 2.05) is 66.7 Å². The van der Waals surface area contributed by atoms with Crippen LogP contribution in [0.5, 0.6) is 0 Å². The van der Waals surface area contributed by atoms with Gasteiger partial charge in [-0.15, -0.1) is 0 Å². The normalized spacial score (nSPS) is 10.6. The van der Waals surface area contributed by atoms with E-state index >= 15 is 0 Å². The van der Waals surface area contributed by atoms with Crippen molar-refractivity contribution < 1.29 is 9.59 Å². The third-order valence-electron chi connectivity index (χ3n) is 5.78. The Morgan fingerprint density at radius 2 is 1.47 bits per heavy atom. The maximum atomic E-state index is 12.5. The highest BCUT2D eigenvalue weighted by atomic mass is 16.1. The minimum Gasteiger partial charge on any atom is -0.326 e. The Kier molecular flexibility index (Phi) is 7.96. The molecule has 4 heteroatoms. The van der Waals surface area contributed by atoms with Gasteiger partial charge in [-0.1, -0.05) is 72.8 Å². The van der Waals surface area contributed by atoms with Crippen molar-refractivity contribution in [2.45, 2.75) is 32.1 Å². The molecule has 34 heavy (non-hydrogen) atoms. The summed E-state index contributed by atoms with van der Waals surface area (Å²) in [4.78, 5) is 28.9. The quantitative estimate of drug-likeness (QED) is 0.321. The number of ketones is 1. The first-order chi connectivity index (χ1) is 16.7. The van der Waals surface area contributed by atoms with Crippen LogP contribution in [0, 0.1) is 0 Å². The number of amides is 1. The van der Waals surface area contributed by atoms with Gasteiger partial charge in [0.05, 0.1) is 0 Å². The highest BCUT2D eigenvalue weighted by Gasteiger charge is 2.09. The molecule has 1 N–H and O–H groups in total. The molecule has 0 fully saturated rings. The number of Topliss-reactive ketones (excluding diaryl/α,β-unsaturated/α-hetero) is 1. The third-order valence-corrected chi connectivity index (χ3v) is 5.78. The molecular formula is C30H28N2O2. The van der Waals surface area contributed by atoms with Crippen LogP contribution in [0.15, 0.2) is 103 Å². The molecule has 0 atom stereocenters. The molecule has 3 aromatic carbocycles. The molecule has 1 aromatic heterocycles. The summed E-state index contributed by atoms with van der Waals surface area (Å²) in [5.41, 5.74) is 6.24. The van der Waals surface area contributed by atoms with E-state index in [1.165, 1.54) is 0 Å². The zero-order valence-electron chi connectivity index (χ0n) is 19.1. The summed E-state index contributed by atoms with van der Waals surface area (Å²) in [6.45, 7) is 0. The fraction of sp³-hybridized carbons (Fsp3) is 0.167. The topological polar surface area (TPSA) is 59.1 Å². The fourth-order valence-corrected chi connectivity index (χ4v) is 3.96. The van der Waals surface area contributed by atoms with Crippen LogP contribution >= 0.6 is 0 Å². The monoisotopic (exact) mass is 448 g/mol. The minimum atomic E-state index is -0.0249. The van der Waals surface area contributed by atoms with Crippen molar-refractivity contribution in [2.24, 2.45) is 0 Å². The molecule has 4 rings (SSSR count). The predicted molar refractivity (Wildman–Crippen MR) is 137 cm³/mol. The number of nitrogens with one attached hydrogen (secondary N) is 1. The fourth-order valence-electron chi connectivity index (χ4n) is 3.96. The molecule has 0 aliphatic carbocycles. The van der Waals surface area contributed by atoms with Crippen LogP contribution in [0.2, 0.25) is 0 Å². The summed E-state index contributed by atoms with van der Waals surface area (Å²) in [5, 5.41) is 2.97. The standard InChI is InChI=1S/C30H28N2O2/c33-28(18-14-24-7-6-20-31-22-24)21-23-12-16-27(17-13-23)32-30(34)19-15-26-10-4-5-11-29(26)25-8-2-1-3-9-25/h1-13,16-17,20,22H,14-15,18-19,21H2,(H,32,34). The third kappa shape index (κ3) is 6.72. The van der Waals surface area contributed by atoms with Gasteiger partial charge >= 0.3 is 0 Å². The van der Waals surface area contributed by atoms with Crippen LogP contribution in [-0.2, 0) is 28.9 Å². The lowest BCUT2D eigenvalue weighted by atomic mass is 9.96. The first-order valence-electron chi connectivity index (χ1n) is 11.6. The maximum absolute atomic E-state index is 12.5.